The van der Waals surface area contributed by atoms with Crippen LogP contribution in [0.4, 0.5) is 0 Å². The lowest BCUT2D eigenvalue weighted by molar-refractivity contribution is 0.670. The summed E-state index contributed by atoms with van der Waals surface area (Å²) in [5.74, 6) is 0. The molecule has 11 aromatic carbocycles. The Labute approximate surface area is 361 Å². The number of para-hydroxylation sites is 1. The van der Waals surface area contributed by atoms with Gasteiger partial charge in [-0.1, -0.05) is 231 Å². The molecule has 290 valence electrons. The van der Waals surface area contributed by atoms with Crippen molar-refractivity contribution in [3.05, 3.63) is 243 Å². The molecule has 12 aromatic rings. The van der Waals surface area contributed by atoms with E-state index in [1.165, 1.54) is 80.9 Å². The van der Waals surface area contributed by atoms with Gasteiger partial charge in [-0.05, 0) is 87.5 Å². The van der Waals surface area contributed by atoms with Crippen LogP contribution in [-0.4, -0.2) is 8.07 Å². The molecule has 0 bridgehead atoms. The Morgan fingerprint density at radius 2 is 0.726 bits per heavy atom. The van der Waals surface area contributed by atoms with E-state index in [0.717, 1.165) is 27.5 Å². The Bertz CT molecular complexity index is 3450. The monoisotopic (exact) mass is 804 g/mol. The van der Waals surface area contributed by atoms with Crippen molar-refractivity contribution in [2.75, 3.05) is 0 Å². The maximum absolute atomic E-state index is 7.03. The van der Waals surface area contributed by atoms with E-state index in [2.05, 4.69) is 243 Å². The summed E-state index contributed by atoms with van der Waals surface area (Å²) in [6.45, 7) is 0. The Kier molecular flexibility index (Phi) is 8.58. The quantitative estimate of drug-likeness (QED) is 0.0888. The third kappa shape index (κ3) is 5.69. The van der Waals surface area contributed by atoms with Gasteiger partial charge in [0.1, 0.15) is 11.2 Å². The first-order valence-electron chi connectivity index (χ1n) is 21.4. The van der Waals surface area contributed by atoms with Gasteiger partial charge >= 0.3 is 0 Å². The van der Waals surface area contributed by atoms with Gasteiger partial charge in [-0.2, -0.15) is 0 Å². The maximum atomic E-state index is 7.03. The molecule has 0 fully saturated rings. The average molecular weight is 805 g/mol. The van der Waals surface area contributed by atoms with Crippen molar-refractivity contribution in [3.8, 4) is 33.4 Å². The molecule has 2 heteroatoms. The zero-order valence-electron chi connectivity index (χ0n) is 34.0. The lowest BCUT2D eigenvalue weighted by Crippen LogP contribution is -2.74. The standard InChI is InChI=1S/C60H40OSi/c1-4-20-46(21-5-1)62(47-22-6-2-7-23-47,48-24-8-3-9-25-48)49-39-55-50-26-16-17-31-57(50)61-60(55)56(40-49)59-53-29-14-12-27-51(53)58(52-28-13-15-30-54(52)59)43-35-32-42(33-36-43)45-37-34-41-18-10-11-19-44(41)38-45/h1-40H. The Morgan fingerprint density at radius 1 is 0.274 bits per heavy atom. The fraction of sp³-hybridized carbons (Fsp3) is 0. The predicted molar refractivity (Wildman–Crippen MR) is 266 cm³/mol. The molecule has 0 aliphatic rings. The van der Waals surface area contributed by atoms with Crippen molar-refractivity contribution in [3.63, 3.8) is 0 Å². The van der Waals surface area contributed by atoms with Crippen LogP contribution in [0.2, 0.25) is 0 Å². The number of furan rings is 1. The highest BCUT2D eigenvalue weighted by Crippen LogP contribution is 2.46. The van der Waals surface area contributed by atoms with E-state index in [0.29, 0.717) is 0 Å². The Balaban J connectivity index is 1.16. The normalized spacial score (nSPS) is 11.9. The van der Waals surface area contributed by atoms with Crippen LogP contribution in [0.15, 0.2) is 247 Å². The minimum Gasteiger partial charge on any atom is -0.455 e. The van der Waals surface area contributed by atoms with Crippen LogP contribution >= 0.6 is 0 Å². The van der Waals surface area contributed by atoms with Crippen molar-refractivity contribution < 1.29 is 4.42 Å². The topological polar surface area (TPSA) is 13.1 Å². The van der Waals surface area contributed by atoms with Gasteiger partial charge < -0.3 is 4.42 Å². The highest BCUT2D eigenvalue weighted by molar-refractivity contribution is 7.20. The molecule has 0 unspecified atom stereocenters. The second-order valence-electron chi connectivity index (χ2n) is 16.3. The van der Waals surface area contributed by atoms with Crippen molar-refractivity contribution >= 4 is 83.1 Å². The van der Waals surface area contributed by atoms with Gasteiger partial charge in [-0.25, -0.2) is 0 Å². The lowest BCUT2D eigenvalue weighted by Gasteiger charge is -2.35. The predicted octanol–water partition coefficient (Wildman–Crippen LogP) is 13.4. The van der Waals surface area contributed by atoms with Crippen LogP contribution in [0.5, 0.6) is 0 Å². The summed E-state index contributed by atoms with van der Waals surface area (Å²) in [5.41, 5.74) is 8.96. The van der Waals surface area contributed by atoms with Crippen LogP contribution in [0, 0.1) is 0 Å². The van der Waals surface area contributed by atoms with E-state index >= 15 is 0 Å². The summed E-state index contributed by atoms with van der Waals surface area (Å²) in [6, 6.07) is 89.5. The molecule has 1 aromatic heterocycles. The number of fused-ring (bicyclic) bond motifs is 6. The number of hydrogen-bond donors (Lipinski definition) is 0. The van der Waals surface area contributed by atoms with E-state index in [-0.39, 0.29) is 0 Å². The van der Waals surface area contributed by atoms with Crippen LogP contribution in [0.1, 0.15) is 0 Å². The first-order chi connectivity index (χ1) is 30.8. The summed E-state index contributed by atoms with van der Waals surface area (Å²) >= 11 is 0. The number of hydrogen-bond acceptors (Lipinski definition) is 1. The van der Waals surface area contributed by atoms with Gasteiger partial charge in [-0.3, -0.25) is 0 Å². The fourth-order valence-electron chi connectivity index (χ4n) is 10.2. The second-order valence-corrected chi connectivity index (χ2v) is 20.1. The highest BCUT2D eigenvalue weighted by atomic mass is 28.3. The molecular formula is C60H40OSi. The zero-order chi connectivity index (χ0) is 41.0. The van der Waals surface area contributed by atoms with E-state index < -0.39 is 8.07 Å². The van der Waals surface area contributed by atoms with Crippen LogP contribution in [0.25, 0.3) is 87.6 Å². The Hall–Kier alpha value is -7.78. The van der Waals surface area contributed by atoms with Gasteiger partial charge in [0.2, 0.25) is 0 Å². The van der Waals surface area contributed by atoms with E-state index in [1.807, 2.05) is 0 Å². The summed E-state index contributed by atoms with van der Waals surface area (Å²) in [7, 11) is -2.93. The molecule has 62 heavy (non-hydrogen) atoms. The molecule has 0 saturated heterocycles. The van der Waals surface area contributed by atoms with Gasteiger partial charge in [0.25, 0.3) is 0 Å². The van der Waals surface area contributed by atoms with Crippen LogP contribution in [0.3, 0.4) is 0 Å². The van der Waals surface area contributed by atoms with Crippen molar-refractivity contribution in [1.82, 2.24) is 0 Å². The molecule has 0 amide bonds. The van der Waals surface area contributed by atoms with Gasteiger partial charge in [0.15, 0.2) is 8.07 Å². The largest absolute Gasteiger partial charge is 0.455 e. The third-order valence-corrected chi connectivity index (χ3v) is 17.7. The SMILES string of the molecule is c1ccc([Si](c2ccccc2)(c2ccccc2)c2cc(-c3c4ccccc4c(-c4ccc(-c5ccc6ccccc6c5)cc4)c4ccccc34)c3oc4ccccc4c3c2)cc1. The van der Waals surface area contributed by atoms with Gasteiger partial charge in [0, 0.05) is 21.9 Å². The smallest absolute Gasteiger partial charge is 0.179 e. The Morgan fingerprint density at radius 3 is 1.31 bits per heavy atom. The summed E-state index contributed by atoms with van der Waals surface area (Å²) in [6.07, 6.45) is 0. The van der Waals surface area contributed by atoms with Crippen molar-refractivity contribution in [2.45, 2.75) is 0 Å². The van der Waals surface area contributed by atoms with E-state index in [4.69, 9.17) is 4.42 Å². The fourth-order valence-corrected chi connectivity index (χ4v) is 15.0. The first kappa shape index (κ1) is 36.1. The highest BCUT2D eigenvalue weighted by Gasteiger charge is 2.42. The molecule has 0 N–H and O–H groups in total. The average Bonchev–Trinajstić information content (AvgIpc) is 3.73. The molecule has 0 spiro atoms. The molecule has 1 heterocycles. The lowest BCUT2D eigenvalue weighted by atomic mass is 9.85. The maximum Gasteiger partial charge on any atom is 0.179 e. The number of rotatable bonds is 7. The van der Waals surface area contributed by atoms with Crippen molar-refractivity contribution in [2.24, 2.45) is 0 Å². The minimum absolute atomic E-state index is 0.893. The molecule has 0 aliphatic heterocycles. The summed E-state index contributed by atoms with van der Waals surface area (Å²) < 4.78 is 7.03. The molecule has 0 aliphatic carbocycles. The minimum atomic E-state index is -2.93. The first-order valence-corrected chi connectivity index (χ1v) is 23.4. The molecular weight excluding hydrogens is 765 g/mol. The van der Waals surface area contributed by atoms with E-state index in [9.17, 15) is 0 Å². The molecule has 0 radical (unpaired) electrons. The zero-order valence-corrected chi connectivity index (χ0v) is 35.0. The van der Waals surface area contributed by atoms with Gasteiger partial charge in [0.05, 0.1) is 0 Å². The van der Waals surface area contributed by atoms with Crippen LogP contribution < -0.4 is 20.7 Å². The van der Waals surface area contributed by atoms with E-state index in [1.54, 1.807) is 0 Å². The van der Waals surface area contributed by atoms with Crippen molar-refractivity contribution in [1.29, 1.82) is 0 Å². The number of benzene rings is 11. The van der Waals surface area contributed by atoms with Crippen LogP contribution in [-0.2, 0) is 0 Å². The molecule has 12 rings (SSSR count). The summed E-state index contributed by atoms with van der Waals surface area (Å²) in [4.78, 5) is 0. The molecule has 1 nitrogen and oxygen atoms in total. The second kappa shape index (κ2) is 14.7. The molecule has 0 saturated carbocycles. The third-order valence-electron chi connectivity index (χ3n) is 13.0. The summed E-state index contributed by atoms with van der Waals surface area (Å²) in [5, 5.41) is 14.9. The molecule has 0 atom stereocenters. The van der Waals surface area contributed by atoms with Gasteiger partial charge in [-0.15, -0.1) is 0 Å².